The smallest absolute Gasteiger partial charge is 0.249 e. The molecule has 1 amide bonds. The van der Waals surface area contributed by atoms with E-state index in [1.165, 1.54) is 0 Å². The zero-order chi connectivity index (χ0) is 11.4. The average Bonchev–Trinajstić information content (AvgIpc) is 2.15. The van der Waals surface area contributed by atoms with E-state index in [4.69, 9.17) is 11.5 Å². The molecule has 1 aromatic carbocycles. The molecule has 0 atom stereocenters. The first-order valence-electron chi connectivity index (χ1n) is 4.83. The number of hydrogen-bond acceptors (Lipinski definition) is 3. The third kappa shape index (κ3) is 3.16. The summed E-state index contributed by atoms with van der Waals surface area (Å²) in [4.78, 5) is 12.0. The first-order chi connectivity index (χ1) is 7.02. The van der Waals surface area contributed by atoms with Crippen LogP contribution < -0.4 is 11.5 Å². The summed E-state index contributed by atoms with van der Waals surface area (Å²) < 4.78 is 0. The molecule has 0 fully saturated rings. The Labute approximate surface area is 94.2 Å². The van der Waals surface area contributed by atoms with Gasteiger partial charge < -0.3 is 11.5 Å². The lowest BCUT2D eigenvalue weighted by Gasteiger charge is -2.10. The van der Waals surface area contributed by atoms with E-state index in [2.05, 4.69) is 13.8 Å². The van der Waals surface area contributed by atoms with Crippen molar-refractivity contribution in [1.29, 1.82) is 0 Å². The van der Waals surface area contributed by atoms with Crippen molar-refractivity contribution in [2.45, 2.75) is 18.7 Å². The van der Waals surface area contributed by atoms with Crippen molar-refractivity contribution in [2.75, 3.05) is 11.5 Å². The number of rotatable bonds is 4. The molecule has 82 valence electrons. The molecule has 0 heterocycles. The van der Waals surface area contributed by atoms with Crippen LogP contribution >= 0.6 is 11.8 Å². The third-order valence-electron chi connectivity index (χ3n) is 1.87. The van der Waals surface area contributed by atoms with Crippen LogP contribution in [-0.4, -0.2) is 11.7 Å². The van der Waals surface area contributed by atoms with E-state index in [0.29, 0.717) is 17.2 Å². The van der Waals surface area contributed by atoms with Gasteiger partial charge in [0.15, 0.2) is 0 Å². The second-order valence-corrected chi connectivity index (χ2v) is 4.82. The molecule has 0 aromatic heterocycles. The van der Waals surface area contributed by atoms with Crippen LogP contribution in [0, 0.1) is 5.92 Å². The van der Waals surface area contributed by atoms with Crippen LogP contribution in [-0.2, 0) is 0 Å². The van der Waals surface area contributed by atoms with E-state index in [0.717, 1.165) is 10.6 Å². The van der Waals surface area contributed by atoms with E-state index < -0.39 is 5.91 Å². The maximum Gasteiger partial charge on any atom is 0.249 e. The molecule has 0 aliphatic heterocycles. The Balaban J connectivity index is 2.97. The first-order valence-corrected chi connectivity index (χ1v) is 5.82. The molecule has 0 bridgehead atoms. The lowest BCUT2D eigenvalue weighted by atomic mass is 10.2. The van der Waals surface area contributed by atoms with E-state index in [1.807, 2.05) is 0 Å². The molecule has 0 spiro atoms. The number of carbonyl (C=O) groups is 1. The topological polar surface area (TPSA) is 69.1 Å². The zero-order valence-corrected chi connectivity index (χ0v) is 9.80. The predicted octanol–water partition coefficient (Wildman–Crippen LogP) is 2.12. The molecule has 1 aromatic rings. The van der Waals surface area contributed by atoms with Gasteiger partial charge in [-0.2, -0.15) is 0 Å². The van der Waals surface area contributed by atoms with Crippen molar-refractivity contribution in [3.63, 3.8) is 0 Å². The maximum absolute atomic E-state index is 11.2. The standard InChI is InChI=1S/C11H16N2OS/c1-7(2)6-15-10-8(11(13)14)4-3-5-9(10)12/h3-5,7H,6,12H2,1-2H3,(H2,13,14). The first kappa shape index (κ1) is 11.9. The van der Waals surface area contributed by atoms with Crippen molar-refractivity contribution in [1.82, 2.24) is 0 Å². The van der Waals surface area contributed by atoms with Crippen LogP contribution in [0.2, 0.25) is 0 Å². The minimum Gasteiger partial charge on any atom is -0.398 e. The van der Waals surface area contributed by atoms with Gasteiger partial charge in [-0.15, -0.1) is 11.8 Å². The molecule has 1 rings (SSSR count). The van der Waals surface area contributed by atoms with Crippen LogP contribution in [0.3, 0.4) is 0 Å². The van der Waals surface area contributed by atoms with Gasteiger partial charge in [0.2, 0.25) is 5.91 Å². The number of hydrogen-bond donors (Lipinski definition) is 2. The lowest BCUT2D eigenvalue weighted by Crippen LogP contribution is -2.13. The Morgan fingerprint density at radius 1 is 1.47 bits per heavy atom. The minimum atomic E-state index is -0.423. The van der Waals surface area contributed by atoms with Gasteiger partial charge in [-0.1, -0.05) is 19.9 Å². The van der Waals surface area contributed by atoms with Gasteiger partial charge in [-0.3, -0.25) is 4.79 Å². The maximum atomic E-state index is 11.2. The summed E-state index contributed by atoms with van der Waals surface area (Å²) in [6.45, 7) is 4.24. The molecular weight excluding hydrogens is 208 g/mol. The van der Waals surface area contributed by atoms with Crippen molar-refractivity contribution in [2.24, 2.45) is 11.7 Å². The highest BCUT2D eigenvalue weighted by atomic mass is 32.2. The monoisotopic (exact) mass is 224 g/mol. The van der Waals surface area contributed by atoms with Crippen LogP contribution in [0.15, 0.2) is 23.1 Å². The van der Waals surface area contributed by atoms with Gasteiger partial charge in [0.25, 0.3) is 0 Å². The Morgan fingerprint density at radius 2 is 2.13 bits per heavy atom. The second-order valence-electron chi connectivity index (χ2n) is 3.79. The quantitative estimate of drug-likeness (QED) is 0.608. The normalized spacial score (nSPS) is 10.6. The minimum absolute atomic E-state index is 0.423. The summed E-state index contributed by atoms with van der Waals surface area (Å²) in [6, 6.07) is 5.24. The Morgan fingerprint density at radius 3 is 2.67 bits per heavy atom. The largest absolute Gasteiger partial charge is 0.398 e. The van der Waals surface area contributed by atoms with Crippen molar-refractivity contribution >= 4 is 23.4 Å². The molecule has 0 radical (unpaired) electrons. The Bertz CT molecular complexity index is 364. The van der Waals surface area contributed by atoms with E-state index in [-0.39, 0.29) is 0 Å². The van der Waals surface area contributed by atoms with Crippen molar-refractivity contribution in [3.8, 4) is 0 Å². The molecule has 4 heteroatoms. The fourth-order valence-corrected chi connectivity index (χ4v) is 2.22. The molecule has 15 heavy (non-hydrogen) atoms. The van der Waals surface area contributed by atoms with Crippen molar-refractivity contribution < 1.29 is 4.79 Å². The van der Waals surface area contributed by atoms with Gasteiger partial charge in [-0.05, 0) is 18.1 Å². The second kappa shape index (κ2) is 5.07. The van der Waals surface area contributed by atoms with Crippen molar-refractivity contribution in [3.05, 3.63) is 23.8 Å². The molecule has 3 nitrogen and oxygen atoms in total. The Kier molecular flexibility index (Phi) is 4.03. The molecular formula is C11H16N2OS. The molecule has 4 N–H and O–H groups in total. The summed E-state index contributed by atoms with van der Waals surface area (Å²) in [5, 5.41) is 0. The average molecular weight is 224 g/mol. The van der Waals surface area contributed by atoms with Crippen LogP contribution in [0.5, 0.6) is 0 Å². The fraction of sp³-hybridized carbons (Fsp3) is 0.364. The number of carbonyl (C=O) groups excluding carboxylic acids is 1. The highest BCUT2D eigenvalue weighted by Gasteiger charge is 2.11. The summed E-state index contributed by atoms with van der Waals surface area (Å²) in [5.41, 5.74) is 12.2. The van der Waals surface area contributed by atoms with E-state index >= 15 is 0 Å². The summed E-state index contributed by atoms with van der Waals surface area (Å²) in [5.74, 6) is 1.05. The van der Waals surface area contributed by atoms with Gasteiger partial charge in [-0.25, -0.2) is 0 Å². The van der Waals surface area contributed by atoms with Crippen LogP contribution in [0.25, 0.3) is 0 Å². The molecule has 0 aliphatic rings. The van der Waals surface area contributed by atoms with Gasteiger partial charge in [0.1, 0.15) is 0 Å². The highest BCUT2D eigenvalue weighted by Crippen LogP contribution is 2.30. The number of amides is 1. The summed E-state index contributed by atoms with van der Waals surface area (Å²) in [7, 11) is 0. The number of nitrogen functional groups attached to an aromatic ring is 1. The number of benzene rings is 1. The molecule has 0 saturated heterocycles. The number of thioether (sulfide) groups is 1. The van der Waals surface area contributed by atoms with Crippen LogP contribution in [0.4, 0.5) is 5.69 Å². The van der Waals surface area contributed by atoms with Gasteiger partial charge in [0, 0.05) is 16.3 Å². The van der Waals surface area contributed by atoms with E-state index in [9.17, 15) is 4.79 Å². The third-order valence-corrected chi connectivity index (χ3v) is 3.45. The molecule has 0 saturated carbocycles. The number of nitrogens with two attached hydrogens (primary N) is 2. The van der Waals surface area contributed by atoms with E-state index in [1.54, 1.807) is 30.0 Å². The van der Waals surface area contributed by atoms with Gasteiger partial charge in [0.05, 0.1) is 5.56 Å². The molecule has 0 aliphatic carbocycles. The summed E-state index contributed by atoms with van der Waals surface area (Å²) >= 11 is 1.58. The fourth-order valence-electron chi connectivity index (χ4n) is 1.16. The molecule has 0 unspecified atom stereocenters. The zero-order valence-electron chi connectivity index (χ0n) is 8.99. The lowest BCUT2D eigenvalue weighted by molar-refractivity contribution is 0.0997. The summed E-state index contributed by atoms with van der Waals surface area (Å²) in [6.07, 6.45) is 0. The SMILES string of the molecule is CC(C)CSc1c(N)cccc1C(N)=O. The highest BCUT2D eigenvalue weighted by molar-refractivity contribution is 7.99. The van der Waals surface area contributed by atoms with Crippen LogP contribution in [0.1, 0.15) is 24.2 Å². The van der Waals surface area contributed by atoms with Gasteiger partial charge >= 0.3 is 0 Å². The number of anilines is 1. The predicted molar refractivity (Wildman–Crippen MR) is 64.9 cm³/mol. The Hall–Kier alpha value is -1.16. The number of primary amides is 1.